The molecular formula is C17H18O4. The summed E-state index contributed by atoms with van der Waals surface area (Å²) >= 11 is 0. The molecule has 0 aliphatic heterocycles. The molecule has 1 aromatic rings. The SMILES string of the molecule is CCOC(=O)C(C(=O)OCC)=C1CC=Cc2ccccc21. The Labute approximate surface area is 124 Å². The number of hydrogen-bond donors (Lipinski definition) is 0. The van der Waals surface area contributed by atoms with E-state index in [2.05, 4.69) is 0 Å². The maximum atomic E-state index is 12.2. The summed E-state index contributed by atoms with van der Waals surface area (Å²) in [5.74, 6) is -1.26. The number of fused-ring (bicyclic) bond motifs is 1. The van der Waals surface area contributed by atoms with Crippen molar-refractivity contribution in [3.05, 3.63) is 47.0 Å². The maximum Gasteiger partial charge on any atom is 0.345 e. The standard InChI is InChI=1S/C17H18O4/c1-3-20-16(18)15(17(19)21-4-2)14-11-7-9-12-8-5-6-10-13(12)14/h5-10H,3-4,11H2,1-2H3. The minimum atomic E-state index is -0.629. The second kappa shape index (κ2) is 6.88. The Kier molecular flexibility index (Phi) is 4.93. The zero-order valence-electron chi connectivity index (χ0n) is 12.2. The molecule has 0 amide bonds. The Balaban J connectivity index is 2.55. The van der Waals surface area contributed by atoms with Crippen LogP contribution in [0.15, 0.2) is 35.9 Å². The molecule has 0 saturated carbocycles. The van der Waals surface area contributed by atoms with Crippen molar-refractivity contribution >= 4 is 23.6 Å². The summed E-state index contributed by atoms with van der Waals surface area (Å²) in [7, 11) is 0. The van der Waals surface area contributed by atoms with Gasteiger partial charge in [-0.15, -0.1) is 0 Å². The van der Waals surface area contributed by atoms with Gasteiger partial charge in [-0.3, -0.25) is 0 Å². The number of allylic oxidation sites excluding steroid dienone is 2. The van der Waals surface area contributed by atoms with Gasteiger partial charge in [-0.1, -0.05) is 36.4 Å². The van der Waals surface area contributed by atoms with Crippen molar-refractivity contribution in [2.24, 2.45) is 0 Å². The molecule has 1 aromatic carbocycles. The van der Waals surface area contributed by atoms with Crippen LogP contribution in [0.3, 0.4) is 0 Å². The minimum absolute atomic E-state index is 0.00417. The highest BCUT2D eigenvalue weighted by atomic mass is 16.6. The zero-order valence-corrected chi connectivity index (χ0v) is 12.2. The molecule has 1 aliphatic rings. The first-order chi connectivity index (χ1) is 10.2. The van der Waals surface area contributed by atoms with E-state index in [9.17, 15) is 9.59 Å². The highest BCUT2D eigenvalue weighted by molar-refractivity contribution is 6.20. The van der Waals surface area contributed by atoms with Crippen molar-refractivity contribution in [2.75, 3.05) is 13.2 Å². The van der Waals surface area contributed by atoms with Gasteiger partial charge in [-0.2, -0.15) is 0 Å². The molecule has 1 aliphatic carbocycles. The third-order valence-corrected chi connectivity index (χ3v) is 3.17. The average molecular weight is 286 g/mol. The molecule has 0 unspecified atom stereocenters. The molecule has 21 heavy (non-hydrogen) atoms. The van der Waals surface area contributed by atoms with Crippen LogP contribution in [-0.4, -0.2) is 25.2 Å². The lowest BCUT2D eigenvalue weighted by Crippen LogP contribution is -2.20. The van der Waals surface area contributed by atoms with Crippen LogP contribution in [0.5, 0.6) is 0 Å². The lowest BCUT2D eigenvalue weighted by atomic mass is 9.89. The fourth-order valence-corrected chi connectivity index (χ4v) is 2.30. The summed E-state index contributed by atoms with van der Waals surface area (Å²) in [4.78, 5) is 24.3. The fourth-order valence-electron chi connectivity index (χ4n) is 2.30. The van der Waals surface area contributed by atoms with Crippen molar-refractivity contribution in [1.82, 2.24) is 0 Å². The van der Waals surface area contributed by atoms with E-state index in [-0.39, 0.29) is 18.8 Å². The molecule has 0 heterocycles. The van der Waals surface area contributed by atoms with Crippen LogP contribution in [0.2, 0.25) is 0 Å². The van der Waals surface area contributed by atoms with Crippen molar-refractivity contribution in [1.29, 1.82) is 0 Å². The van der Waals surface area contributed by atoms with Crippen LogP contribution >= 0.6 is 0 Å². The van der Waals surface area contributed by atoms with Crippen LogP contribution in [0.1, 0.15) is 31.4 Å². The predicted molar refractivity (Wildman–Crippen MR) is 80.3 cm³/mol. The van der Waals surface area contributed by atoms with Crippen molar-refractivity contribution in [3.63, 3.8) is 0 Å². The summed E-state index contributed by atoms with van der Waals surface area (Å²) in [5, 5.41) is 0. The maximum absolute atomic E-state index is 12.2. The molecule has 4 nitrogen and oxygen atoms in total. The summed E-state index contributed by atoms with van der Waals surface area (Å²) < 4.78 is 10.0. The van der Waals surface area contributed by atoms with E-state index in [0.717, 1.165) is 11.1 Å². The van der Waals surface area contributed by atoms with Crippen LogP contribution < -0.4 is 0 Å². The van der Waals surface area contributed by atoms with Crippen LogP contribution in [0.25, 0.3) is 11.6 Å². The summed E-state index contributed by atoms with van der Waals surface area (Å²) in [6.07, 6.45) is 4.41. The van der Waals surface area contributed by atoms with Gasteiger partial charge in [0.1, 0.15) is 5.57 Å². The van der Waals surface area contributed by atoms with Crippen LogP contribution in [-0.2, 0) is 19.1 Å². The first kappa shape index (κ1) is 15.0. The van der Waals surface area contributed by atoms with Gasteiger partial charge in [0.05, 0.1) is 13.2 Å². The minimum Gasteiger partial charge on any atom is -0.462 e. The van der Waals surface area contributed by atoms with Crippen LogP contribution in [0.4, 0.5) is 0 Å². The van der Waals surface area contributed by atoms with Gasteiger partial charge in [0.25, 0.3) is 0 Å². The van der Waals surface area contributed by atoms with Gasteiger partial charge >= 0.3 is 11.9 Å². The lowest BCUT2D eigenvalue weighted by Gasteiger charge is -2.17. The smallest absolute Gasteiger partial charge is 0.345 e. The molecule has 2 rings (SSSR count). The molecule has 0 fully saturated rings. The molecule has 0 spiro atoms. The summed E-state index contributed by atoms with van der Waals surface area (Å²) in [6.45, 7) is 3.85. The molecule has 0 radical (unpaired) electrons. The number of carbonyl (C=O) groups excluding carboxylic acids is 2. The van der Waals surface area contributed by atoms with Crippen molar-refractivity contribution in [2.45, 2.75) is 20.3 Å². The van der Waals surface area contributed by atoms with E-state index < -0.39 is 11.9 Å². The normalized spacial score (nSPS) is 12.6. The number of hydrogen-bond acceptors (Lipinski definition) is 4. The molecular weight excluding hydrogens is 268 g/mol. The van der Waals surface area contributed by atoms with Crippen molar-refractivity contribution in [3.8, 4) is 0 Å². The van der Waals surface area contributed by atoms with E-state index in [0.29, 0.717) is 12.0 Å². The van der Waals surface area contributed by atoms with Gasteiger partial charge in [0.2, 0.25) is 0 Å². The highest BCUT2D eigenvalue weighted by Gasteiger charge is 2.27. The van der Waals surface area contributed by atoms with Gasteiger partial charge in [0, 0.05) is 0 Å². The lowest BCUT2D eigenvalue weighted by molar-refractivity contribution is -0.146. The number of benzene rings is 1. The second-order valence-electron chi connectivity index (χ2n) is 4.49. The zero-order chi connectivity index (χ0) is 15.2. The largest absolute Gasteiger partial charge is 0.462 e. The number of rotatable bonds is 4. The predicted octanol–water partition coefficient (Wildman–Crippen LogP) is 2.98. The Morgan fingerprint density at radius 2 is 1.67 bits per heavy atom. The molecule has 0 N–H and O–H groups in total. The number of esters is 2. The molecule has 4 heteroatoms. The van der Waals surface area contributed by atoms with E-state index in [1.165, 1.54) is 0 Å². The van der Waals surface area contributed by atoms with Gasteiger partial charge in [0.15, 0.2) is 0 Å². The quantitative estimate of drug-likeness (QED) is 0.369. The Hall–Kier alpha value is -2.36. The third kappa shape index (κ3) is 3.21. The fraction of sp³-hybridized carbons (Fsp3) is 0.294. The molecule has 0 saturated heterocycles. The molecule has 0 bridgehead atoms. The average Bonchev–Trinajstić information content (AvgIpc) is 2.48. The van der Waals surface area contributed by atoms with E-state index in [1.807, 2.05) is 36.4 Å². The topological polar surface area (TPSA) is 52.6 Å². The van der Waals surface area contributed by atoms with Gasteiger partial charge in [-0.25, -0.2) is 9.59 Å². The van der Waals surface area contributed by atoms with Gasteiger partial charge in [-0.05, 0) is 37.0 Å². The summed E-state index contributed by atoms with van der Waals surface area (Å²) in [6, 6.07) is 7.64. The second-order valence-corrected chi connectivity index (χ2v) is 4.49. The molecule has 110 valence electrons. The Morgan fingerprint density at radius 3 is 2.29 bits per heavy atom. The van der Waals surface area contributed by atoms with Crippen LogP contribution in [0, 0.1) is 0 Å². The van der Waals surface area contributed by atoms with E-state index >= 15 is 0 Å². The highest BCUT2D eigenvalue weighted by Crippen LogP contribution is 2.32. The Bertz CT molecular complexity index is 591. The van der Waals surface area contributed by atoms with Crippen molar-refractivity contribution < 1.29 is 19.1 Å². The molecule has 0 atom stereocenters. The van der Waals surface area contributed by atoms with Gasteiger partial charge < -0.3 is 9.47 Å². The molecule has 0 aromatic heterocycles. The third-order valence-electron chi connectivity index (χ3n) is 3.17. The summed E-state index contributed by atoms with van der Waals surface area (Å²) in [5.41, 5.74) is 2.50. The number of carbonyl (C=O) groups is 2. The van der Waals surface area contributed by atoms with E-state index in [1.54, 1.807) is 13.8 Å². The number of ether oxygens (including phenoxy) is 2. The Morgan fingerprint density at radius 1 is 1.05 bits per heavy atom. The van der Waals surface area contributed by atoms with E-state index in [4.69, 9.17) is 9.47 Å². The first-order valence-electron chi connectivity index (χ1n) is 7.02. The first-order valence-corrected chi connectivity index (χ1v) is 7.02. The monoisotopic (exact) mass is 286 g/mol.